The molecule has 0 spiro atoms. The molecule has 1 fully saturated rings. The molecule has 3 aromatic rings. The third-order valence-electron chi connectivity index (χ3n) is 3.96. The summed E-state index contributed by atoms with van der Waals surface area (Å²) in [6, 6.07) is 7.49. The van der Waals surface area contributed by atoms with Gasteiger partial charge in [0.2, 0.25) is 0 Å². The van der Waals surface area contributed by atoms with E-state index in [0.717, 1.165) is 5.82 Å². The van der Waals surface area contributed by atoms with Crippen molar-refractivity contribution in [3.05, 3.63) is 60.6 Å². The molecule has 0 radical (unpaired) electrons. The Kier molecular flexibility index (Phi) is 3.80. The molecule has 1 aliphatic rings. The first kappa shape index (κ1) is 14.6. The first-order valence-electron chi connectivity index (χ1n) is 7.67. The quantitative estimate of drug-likeness (QED) is 0.782. The highest BCUT2D eigenvalue weighted by Gasteiger charge is 2.27. The van der Waals surface area contributed by atoms with Crippen LogP contribution in [-0.2, 0) is 4.74 Å². The Morgan fingerprint density at radius 3 is 2.83 bits per heavy atom. The number of hydrogen-bond donors (Lipinski definition) is 1. The Morgan fingerprint density at radius 1 is 1.25 bits per heavy atom. The number of aromatic nitrogens is 5. The number of H-pyrrole nitrogens is 1. The molecule has 1 amide bonds. The van der Waals surface area contributed by atoms with Crippen molar-refractivity contribution in [1.82, 2.24) is 29.6 Å². The summed E-state index contributed by atoms with van der Waals surface area (Å²) in [6.07, 6.45) is 6.58. The number of amides is 1. The largest absolute Gasteiger partial charge is 0.367 e. The molecule has 0 bridgehead atoms. The van der Waals surface area contributed by atoms with E-state index in [2.05, 4.69) is 20.2 Å². The highest BCUT2D eigenvalue weighted by Crippen LogP contribution is 2.20. The van der Waals surface area contributed by atoms with Crippen molar-refractivity contribution in [2.24, 2.45) is 0 Å². The second-order valence-corrected chi connectivity index (χ2v) is 5.48. The number of hydrogen-bond acceptors (Lipinski definition) is 5. The van der Waals surface area contributed by atoms with Crippen molar-refractivity contribution in [3.63, 3.8) is 0 Å². The summed E-state index contributed by atoms with van der Waals surface area (Å²) in [7, 11) is 0. The van der Waals surface area contributed by atoms with Gasteiger partial charge in [-0.3, -0.25) is 9.89 Å². The van der Waals surface area contributed by atoms with Crippen LogP contribution in [0, 0.1) is 0 Å². The van der Waals surface area contributed by atoms with Crippen LogP contribution in [0.25, 0.3) is 5.82 Å². The van der Waals surface area contributed by atoms with Crippen molar-refractivity contribution in [3.8, 4) is 5.82 Å². The molecule has 1 aliphatic heterocycles. The van der Waals surface area contributed by atoms with Crippen molar-refractivity contribution in [2.45, 2.75) is 6.10 Å². The number of nitrogens with one attached hydrogen (secondary N) is 1. The fraction of sp³-hybridized carbons (Fsp3) is 0.250. The molecule has 4 rings (SSSR count). The van der Waals surface area contributed by atoms with Crippen molar-refractivity contribution in [2.75, 3.05) is 19.7 Å². The van der Waals surface area contributed by atoms with Gasteiger partial charge in [-0.25, -0.2) is 9.97 Å². The highest BCUT2D eigenvalue weighted by atomic mass is 16.5. The molecule has 3 aromatic heterocycles. The van der Waals surface area contributed by atoms with Crippen LogP contribution >= 0.6 is 0 Å². The fourth-order valence-electron chi connectivity index (χ4n) is 2.70. The maximum absolute atomic E-state index is 12.7. The number of carbonyl (C=O) groups is 1. The third-order valence-corrected chi connectivity index (χ3v) is 3.96. The van der Waals surface area contributed by atoms with Gasteiger partial charge in [-0.15, -0.1) is 0 Å². The van der Waals surface area contributed by atoms with E-state index in [1.807, 2.05) is 35.2 Å². The maximum atomic E-state index is 12.7. The lowest BCUT2D eigenvalue weighted by atomic mass is 10.2. The molecule has 0 saturated carbocycles. The van der Waals surface area contributed by atoms with E-state index in [4.69, 9.17) is 4.74 Å². The molecule has 1 atom stereocenters. The van der Waals surface area contributed by atoms with Gasteiger partial charge in [-0.05, 0) is 24.3 Å². The standard InChI is InChI=1S/C16H16N6O2/c23-16(12-3-4-14(17-9-12)21-5-1-2-6-21)22-7-8-24-13(10-22)15-18-11-19-20-15/h1-6,9,11,13H,7-8,10H2,(H,18,19,20). The van der Waals surface area contributed by atoms with Crippen LogP contribution in [0.3, 0.4) is 0 Å². The molecule has 4 heterocycles. The van der Waals surface area contributed by atoms with Crippen LogP contribution in [0.5, 0.6) is 0 Å². The first-order chi connectivity index (χ1) is 11.8. The minimum atomic E-state index is -0.280. The van der Waals surface area contributed by atoms with Gasteiger partial charge in [0.25, 0.3) is 5.91 Å². The predicted molar refractivity (Wildman–Crippen MR) is 84.5 cm³/mol. The summed E-state index contributed by atoms with van der Waals surface area (Å²) in [5, 5.41) is 6.62. The predicted octanol–water partition coefficient (Wildman–Crippen LogP) is 1.20. The molecule has 1 unspecified atom stereocenters. The van der Waals surface area contributed by atoms with E-state index < -0.39 is 0 Å². The summed E-state index contributed by atoms with van der Waals surface area (Å²) in [4.78, 5) is 22.9. The van der Waals surface area contributed by atoms with Gasteiger partial charge in [0.05, 0.1) is 18.7 Å². The summed E-state index contributed by atoms with van der Waals surface area (Å²) in [5.41, 5.74) is 0.559. The van der Waals surface area contributed by atoms with E-state index in [1.54, 1.807) is 17.2 Å². The first-order valence-corrected chi connectivity index (χ1v) is 7.67. The minimum absolute atomic E-state index is 0.0608. The Morgan fingerprint density at radius 2 is 2.12 bits per heavy atom. The summed E-state index contributed by atoms with van der Waals surface area (Å²) in [5.74, 6) is 1.35. The van der Waals surface area contributed by atoms with Crippen LogP contribution < -0.4 is 0 Å². The fourth-order valence-corrected chi connectivity index (χ4v) is 2.70. The van der Waals surface area contributed by atoms with Crippen LogP contribution in [0.2, 0.25) is 0 Å². The number of nitrogens with zero attached hydrogens (tertiary/aromatic N) is 5. The summed E-state index contributed by atoms with van der Waals surface area (Å²) >= 11 is 0. The number of aromatic amines is 1. The van der Waals surface area contributed by atoms with E-state index in [-0.39, 0.29) is 12.0 Å². The second kappa shape index (κ2) is 6.25. The Hall–Kier alpha value is -3.00. The van der Waals surface area contributed by atoms with Crippen molar-refractivity contribution < 1.29 is 9.53 Å². The maximum Gasteiger partial charge on any atom is 0.255 e. The number of carbonyl (C=O) groups excluding carboxylic acids is 1. The van der Waals surface area contributed by atoms with E-state index >= 15 is 0 Å². The van der Waals surface area contributed by atoms with E-state index in [9.17, 15) is 4.79 Å². The third kappa shape index (κ3) is 2.79. The molecule has 8 nitrogen and oxygen atoms in total. The Labute approximate surface area is 138 Å². The molecule has 8 heteroatoms. The average Bonchev–Trinajstić information content (AvgIpc) is 3.35. The number of pyridine rings is 1. The van der Waals surface area contributed by atoms with Crippen LogP contribution in [0.1, 0.15) is 22.3 Å². The molecule has 0 aromatic carbocycles. The molecule has 1 N–H and O–H groups in total. The average molecular weight is 324 g/mol. The van der Waals surface area contributed by atoms with Crippen molar-refractivity contribution in [1.29, 1.82) is 0 Å². The van der Waals surface area contributed by atoms with Gasteiger partial charge in [0, 0.05) is 25.1 Å². The normalized spacial score (nSPS) is 17.8. The Bertz CT molecular complexity index is 798. The Balaban J connectivity index is 1.49. The zero-order valence-electron chi connectivity index (χ0n) is 12.9. The second-order valence-electron chi connectivity index (χ2n) is 5.48. The highest BCUT2D eigenvalue weighted by molar-refractivity contribution is 5.94. The lowest BCUT2D eigenvalue weighted by Crippen LogP contribution is -2.42. The van der Waals surface area contributed by atoms with Crippen LogP contribution in [0.15, 0.2) is 49.2 Å². The monoisotopic (exact) mass is 324 g/mol. The number of rotatable bonds is 3. The summed E-state index contributed by atoms with van der Waals surface area (Å²) < 4.78 is 7.55. The number of morpholine rings is 1. The van der Waals surface area contributed by atoms with Crippen LogP contribution in [0.4, 0.5) is 0 Å². The van der Waals surface area contributed by atoms with E-state index in [0.29, 0.717) is 31.1 Å². The number of ether oxygens (including phenoxy) is 1. The van der Waals surface area contributed by atoms with Gasteiger partial charge in [-0.1, -0.05) is 0 Å². The van der Waals surface area contributed by atoms with Crippen molar-refractivity contribution >= 4 is 5.91 Å². The molecule has 24 heavy (non-hydrogen) atoms. The molecule has 1 saturated heterocycles. The lowest BCUT2D eigenvalue weighted by Gasteiger charge is -2.31. The minimum Gasteiger partial charge on any atom is -0.367 e. The zero-order chi connectivity index (χ0) is 16.4. The molecule has 0 aliphatic carbocycles. The van der Waals surface area contributed by atoms with Gasteiger partial charge < -0.3 is 14.2 Å². The topological polar surface area (TPSA) is 88.9 Å². The SMILES string of the molecule is O=C(c1ccc(-n2cccc2)nc1)N1CCOC(c2ncn[nH]2)C1. The van der Waals surface area contributed by atoms with Gasteiger partial charge >= 0.3 is 0 Å². The van der Waals surface area contributed by atoms with Gasteiger partial charge in [-0.2, -0.15) is 5.10 Å². The zero-order valence-corrected chi connectivity index (χ0v) is 12.9. The molecular weight excluding hydrogens is 308 g/mol. The van der Waals surface area contributed by atoms with Gasteiger partial charge in [0.15, 0.2) is 5.82 Å². The summed E-state index contributed by atoms with van der Waals surface area (Å²) in [6.45, 7) is 1.45. The van der Waals surface area contributed by atoms with Crippen LogP contribution in [-0.4, -0.2) is 55.2 Å². The molecular formula is C16H16N6O2. The smallest absolute Gasteiger partial charge is 0.255 e. The molecule has 122 valence electrons. The lowest BCUT2D eigenvalue weighted by molar-refractivity contribution is -0.0266. The van der Waals surface area contributed by atoms with Gasteiger partial charge in [0.1, 0.15) is 18.2 Å². The van der Waals surface area contributed by atoms with E-state index in [1.165, 1.54) is 6.33 Å².